The minimum atomic E-state index is -0.962. The molecule has 0 radical (unpaired) electrons. The van der Waals surface area contributed by atoms with E-state index in [1.54, 1.807) is 6.92 Å². The maximum absolute atomic E-state index is 9.74. The molecule has 0 fully saturated rings. The lowest BCUT2D eigenvalue weighted by molar-refractivity contribution is 0.113. The molecular formula is C20H34O. The summed E-state index contributed by atoms with van der Waals surface area (Å²) in [5.41, 5.74) is 1.87. The highest BCUT2D eigenvalue weighted by Gasteiger charge is 2.14. The molecule has 0 aliphatic heterocycles. The molecule has 0 aliphatic carbocycles. The first-order valence-electron chi connectivity index (χ1n) is 8.26. The van der Waals surface area contributed by atoms with Crippen molar-refractivity contribution in [2.75, 3.05) is 0 Å². The zero-order chi connectivity index (χ0) is 16.3. The number of hydrogen-bond donors (Lipinski definition) is 1. The van der Waals surface area contributed by atoms with Gasteiger partial charge < -0.3 is 5.11 Å². The molecule has 0 aliphatic rings. The molecule has 0 spiro atoms. The van der Waals surface area contributed by atoms with Gasteiger partial charge in [-0.25, -0.2) is 0 Å². The van der Waals surface area contributed by atoms with E-state index in [2.05, 4.69) is 45.8 Å². The molecule has 0 aromatic heterocycles. The third-order valence-electron chi connectivity index (χ3n) is 3.91. The molecule has 0 aromatic rings. The summed E-state index contributed by atoms with van der Waals surface area (Å²) in [7, 11) is 0. The van der Waals surface area contributed by atoms with Crippen molar-refractivity contribution in [3.8, 4) is 12.3 Å². The second-order valence-electron chi connectivity index (χ2n) is 6.86. The van der Waals surface area contributed by atoms with E-state index >= 15 is 0 Å². The number of aliphatic hydroxyl groups is 1. The Balaban J connectivity index is 3.81. The van der Waals surface area contributed by atoms with Crippen LogP contribution in [-0.2, 0) is 0 Å². The van der Waals surface area contributed by atoms with E-state index in [4.69, 9.17) is 6.42 Å². The molecule has 0 saturated carbocycles. The van der Waals surface area contributed by atoms with Gasteiger partial charge in [-0.15, -0.1) is 6.42 Å². The van der Waals surface area contributed by atoms with Gasteiger partial charge in [0.2, 0.25) is 0 Å². The van der Waals surface area contributed by atoms with Gasteiger partial charge in [0.25, 0.3) is 0 Å². The molecule has 0 bridgehead atoms. The van der Waals surface area contributed by atoms with E-state index < -0.39 is 5.60 Å². The van der Waals surface area contributed by atoms with Crippen LogP contribution in [0.2, 0.25) is 0 Å². The van der Waals surface area contributed by atoms with Crippen molar-refractivity contribution in [3.63, 3.8) is 0 Å². The van der Waals surface area contributed by atoms with Crippen LogP contribution in [0.5, 0.6) is 0 Å². The zero-order valence-corrected chi connectivity index (χ0v) is 14.7. The largest absolute Gasteiger partial charge is 0.378 e. The zero-order valence-electron chi connectivity index (χ0n) is 14.7. The van der Waals surface area contributed by atoms with E-state index in [-0.39, 0.29) is 0 Å². The van der Waals surface area contributed by atoms with Gasteiger partial charge in [-0.2, -0.15) is 0 Å². The average Bonchev–Trinajstić information content (AvgIpc) is 2.38. The molecule has 0 amide bonds. The molecule has 2 unspecified atom stereocenters. The van der Waals surface area contributed by atoms with E-state index in [0.29, 0.717) is 6.42 Å². The first-order chi connectivity index (χ1) is 9.76. The van der Waals surface area contributed by atoms with Crippen molar-refractivity contribution >= 4 is 0 Å². The van der Waals surface area contributed by atoms with Crippen molar-refractivity contribution in [2.24, 2.45) is 5.92 Å². The van der Waals surface area contributed by atoms with Crippen LogP contribution in [-0.4, -0.2) is 10.7 Å². The summed E-state index contributed by atoms with van der Waals surface area (Å²) >= 11 is 0. The van der Waals surface area contributed by atoms with Gasteiger partial charge in [-0.05, 0) is 72.1 Å². The van der Waals surface area contributed by atoms with E-state index in [9.17, 15) is 5.11 Å². The highest BCUT2D eigenvalue weighted by Crippen LogP contribution is 2.18. The molecule has 2 atom stereocenters. The molecule has 21 heavy (non-hydrogen) atoms. The Morgan fingerprint density at radius 1 is 1.19 bits per heavy atom. The topological polar surface area (TPSA) is 20.2 Å². The lowest BCUT2D eigenvalue weighted by atomic mass is 9.96. The van der Waals surface area contributed by atoms with Crippen molar-refractivity contribution < 1.29 is 5.11 Å². The first kappa shape index (κ1) is 20.0. The predicted molar refractivity (Wildman–Crippen MR) is 94.1 cm³/mol. The second-order valence-corrected chi connectivity index (χ2v) is 6.86. The van der Waals surface area contributed by atoms with Crippen molar-refractivity contribution in [3.05, 3.63) is 23.3 Å². The van der Waals surface area contributed by atoms with Gasteiger partial charge in [0.1, 0.15) is 5.60 Å². The average molecular weight is 290 g/mol. The number of terminal acetylenes is 1. The first-order valence-corrected chi connectivity index (χ1v) is 8.26. The maximum Gasteiger partial charge on any atom is 0.122 e. The van der Waals surface area contributed by atoms with Crippen LogP contribution in [0.15, 0.2) is 23.3 Å². The van der Waals surface area contributed by atoms with Gasteiger partial charge >= 0.3 is 0 Å². The van der Waals surface area contributed by atoms with Crippen LogP contribution >= 0.6 is 0 Å². The van der Waals surface area contributed by atoms with Crippen LogP contribution in [0.3, 0.4) is 0 Å². The van der Waals surface area contributed by atoms with Crippen molar-refractivity contribution in [2.45, 2.75) is 85.2 Å². The maximum atomic E-state index is 9.74. The van der Waals surface area contributed by atoms with Crippen LogP contribution in [0.4, 0.5) is 0 Å². The molecule has 1 N–H and O–H groups in total. The molecule has 1 heteroatoms. The summed E-state index contributed by atoms with van der Waals surface area (Å²) in [5, 5.41) is 9.74. The Labute approximate surface area is 132 Å². The highest BCUT2D eigenvalue weighted by molar-refractivity contribution is 5.06. The molecule has 0 saturated heterocycles. The Bertz CT molecular complexity index is 375. The lowest BCUT2D eigenvalue weighted by Crippen LogP contribution is -2.20. The molecule has 0 heterocycles. The number of rotatable bonds is 10. The fourth-order valence-electron chi connectivity index (χ4n) is 2.30. The minimum Gasteiger partial charge on any atom is -0.378 e. The molecule has 1 nitrogen and oxygen atoms in total. The van der Waals surface area contributed by atoms with Gasteiger partial charge in [-0.1, -0.05) is 42.6 Å². The van der Waals surface area contributed by atoms with Gasteiger partial charge in [0.05, 0.1) is 0 Å². The molecule has 0 aromatic carbocycles. The summed E-state index contributed by atoms with van der Waals surface area (Å²) < 4.78 is 0. The summed E-state index contributed by atoms with van der Waals surface area (Å²) in [4.78, 5) is 0. The van der Waals surface area contributed by atoms with Crippen molar-refractivity contribution in [1.29, 1.82) is 0 Å². The van der Waals surface area contributed by atoms with Gasteiger partial charge in [-0.3, -0.25) is 0 Å². The molecule has 120 valence electrons. The monoisotopic (exact) mass is 290 g/mol. The summed E-state index contributed by atoms with van der Waals surface area (Å²) in [6.07, 6.45) is 17.5. The van der Waals surface area contributed by atoms with Crippen LogP contribution in [0, 0.1) is 18.3 Å². The Morgan fingerprint density at radius 2 is 1.86 bits per heavy atom. The standard InChI is InChI=1S/C20H34O/c1-7-20(6,21)16-10-15-19(5)14-9-13-18(4)12-8-11-17(2)3/h1,11,15,18,21H,8-10,12-14,16H2,2-6H3/b19-15-. The minimum absolute atomic E-state index is 0.639. The number of hydrogen-bond acceptors (Lipinski definition) is 1. The highest BCUT2D eigenvalue weighted by atomic mass is 16.3. The Hall–Kier alpha value is -1.00. The van der Waals surface area contributed by atoms with Crippen molar-refractivity contribution in [1.82, 2.24) is 0 Å². The predicted octanol–water partition coefficient (Wildman–Crippen LogP) is 5.65. The lowest BCUT2D eigenvalue weighted by Gasteiger charge is -2.14. The normalized spacial score (nSPS) is 16.0. The van der Waals surface area contributed by atoms with Crippen LogP contribution in [0.25, 0.3) is 0 Å². The smallest absolute Gasteiger partial charge is 0.122 e. The van der Waals surface area contributed by atoms with E-state index in [1.807, 2.05) is 0 Å². The fraction of sp³-hybridized carbons (Fsp3) is 0.700. The fourth-order valence-corrected chi connectivity index (χ4v) is 2.30. The molecule has 0 rings (SSSR count). The van der Waals surface area contributed by atoms with Crippen LogP contribution < -0.4 is 0 Å². The quantitative estimate of drug-likeness (QED) is 0.407. The SMILES string of the molecule is C#CC(C)(O)CC/C=C(/C)CCCC(C)CCC=C(C)C. The second kappa shape index (κ2) is 10.7. The summed E-state index contributed by atoms with van der Waals surface area (Å²) in [6, 6.07) is 0. The Morgan fingerprint density at radius 3 is 2.43 bits per heavy atom. The van der Waals surface area contributed by atoms with Gasteiger partial charge in [0.15, 0.2) is 0 Å². The van der Waals surface area contributed by atoms with E-state index in [0.717, 1.165) is 18.8 Å². The Kier molecular flexibility index (Phi) is 10.2. The number of allylic oxidation sites excluding steroid dienone is 4. The summed E-state index contributed by atoms with van der Waals surface area (Å²) in [5.74, 6) is 3.22. The molecular weight excluding hydrogens is 256 g/mol. The third-order valence-corrected chi connectivity index (χ3v) is 3.91. The summed E-state index contributed by atoms with van der Waals surface area (Å²) in [6.45, 7) is 10.6. The van der Waals surface area contributed by atoms with Crippen LogP contribution in [0.1, 0.15) is 79.6 Å². The van der Waals surface area contributed by atoms with E-state index in [1.165, 1.54) is 36.8 Å². The van der Waals surface area contributed by atoms with Gasteiger partial charge in [0, 0.05) is 0 Å². The third kappa shape index (κ3) is 12.5.